The summed E-state index contributed by atoms with van der Waals surface area (Å²) in [6.45, 7) is 4.72. The monoisotopic (exact) mass is 276 g/mol. The molecule has 0 spiro atoms. The maximum absolute atomic E-state index is 13.0. The fourth-order valence-corrected chi connectivity index (χ4v) is 2.79. The van der Waals surface area contributed by atoms with E-state index in [4.69, 9.17) is 5.11 Å². The Kier molecular flexibility index (Phi) is 3.72. The lowest BCUT2D eigenvalue weighted by atomic mass is 10.1. The molecule has 1 aromatic rings. The van der Waals surface area contributed by atoms with Gasteiger partial charge >= 0.3 is 5.97 Å². The number of hydrogen-bond donors (Lipinski definition) is 2. The zero-order valence-electron chi connectivity index (χ0n) is 10.1. The van der Waals surface area contributed by atoms with E-state index in [9.17, 15) is 17.6 Å². The summed E-state index contributed by atoms with van der Waals surface area (Å²) < 4.78 is 39.0. The van der Waals surface area contributed by atoms with Crippen molar-refractivity contribution in [2.75, 3.05) is 0 Å². The van der Waals surface area contributed by atoms with Crippen molar-refractivity contribution < 1.29 is 22.7 Å². The Morgan fingerprint density at radius 2 is 1.94 bits per heavy atom. The highest BCUT2D eigenvalue weighted by Gasteiger charge is 2.28. The third-order valence-corrected chi connectivity index (χ3v) is 3.45. The van der Waals surface area contributed by atoms with E-state index >= 15 is 0 Å². The topological polar surface area (TPSA) is 96.4 Å². The Labute approximate surface area is 104 Å². The van der Waals surface area contributed by atoms with Crippen LogP contribution < -0.4 is 4.72 Å². The molecule has 0 saturated heterocycles. The van der Waals surface area contributed by atoms with E-state index in [1.54, 1.807) is 20.8 Å². The van der Waals surface area contributed by atoms with Gasteiger partial charge in [-0.1, -0.05) is 0 Å². The summed E-state index contributed by atoms with van der Waals surface area (Å²) in [6.07, 6.45) is 0. The molecule has 0 amide bonds. The minimum Gasteiger partial charge on any atom is -0.478 e. The van der Waals surface area contributed by atoms with Crippen LogP contribution in [-0.4, -0.2) is 30.0 Å². The van der Waals surface area contributed by atoms with Crippen LogP contribution in [-0.2, 0) is 10.0 Å². The van der Waals surface area contributed by atoms with Gasteiger partial charge in [0.05, 0.1) is 5.56 Å². The van der Waals surface area contributed by atoms with Crippen LogP contribution in [0.3, 0.4) is 0 Å². The fourth-order valence-electron chi connectivity index (χ4n) is 1.24. The van der Waals surface area contributed by atoms with Gasteiger partial charge in [0.25, 0.3) is 10.0 Å². The predicted molar refractivity (Wildman–Crippen MR) is 61.2 cm³/mol. The molecule has 18 heavy (non-hydrogen) atoms. The van der Waals surface area contributed by atoms with E-state index < -0.39 is 38.1 Å². The highest BCUT2D eigenvalue weighted by Crippen LogP contribution is 2.16. The van der Waals surface area contributed by atoms with E-state index in [1.165, 1.54) is 0 Å². The van der Waals surface area contributed by atoms with Gasteiger partial charge in [0.1, 0.15) is 0 Å². The summed E-state index contributed by atoms with van der Waals surface area (Å²) >= 11 is 0. The number of sulfonamides is 1. The quantitative estimate of drug-likeness (QED) is 0.803. The molecule has 100 valence electrons. The van der Waals surface area contributed by atoms with Gasteiger partial charge < -0.3 is 5.11 Å². The lowest BCUT2D eigenvalue weighted by Gasteiger charge is -2.20. The Bertz CT molecular complexity index is 578. The molecule has 0 saturated carbocycles. The molecule has 0 aromatic carbocycles. The molecule has 1 heterocycles. The van der Waals surface area contributed by atoms with Gasteiger partial charge in [0.2, 0.25) is 5.95 Å². The molecule has 2 N–H and O–H groups in total. The number of carbonyl (C=O) groups is 1. The lowest BCUT2D eigenvalue weighted by molar-refractivity contribution is 0.0691. The Hall–Kier alpha value is -1.54. The van der Waals surface area contributed by atoms with Crippen LogP contribution >= 0.6 is 0 Å². The molecule has 0 unspecified atom stereocenters. The van der Waals surface area contributed by atoms with Gasteiger partial charge in [-0.2, -0.15) is 4.39 Å². The van der Waals surface area contributed by atoms with Crippen molar-refractivity contribution in [3.05, 3.63) is 23.6 Å². The summed E-state index contributed by atoms with van der Waals surface area (Å²) in [7, 11) is -4.20. The molecule has 1 aromatic heterocycles. The van der Waals surface area contributed by atoms with E-state index in [-0.39, 0.29) is 0 Å². The first-order valence-corrected chi connectivity index (χ1v) is 6.45. The van der Waals surface area contributed by atoms with Crippen LogP contribution in [0.1, 0.15) is 31.1 Å². The summed E-state index contributed by atoms with van der Waals surface area (Å²) in [4.78, 5) is 14.0. The molecule has 0 aliphatic rings. The molecule has 0 fully saturated rings. The number of nitrogens with zero attached hydrogens (tertiary/aromatic N) is 1. The highest BCUT2D eigenvalue weighted by atomic mass is 32.2. The van der Waals surface area contributed by atoms with E-state index in [1.807, 2.05) is 0 Å². The number of aromatic nitrogens is 1. The summed E-state index contributed by atoms with van der Waals surface area (Å²) in [5.41, 5.74) is -1.41. The first kappa shape index (κ1) is 14.5. The van der Waals surface area contributed by atoms with Gasteiger partial charge in [0, 0.05) is 5.54 Å². The standard InChI is InChI=1S/C10H13FN2O4S/c1-10(2,3)13-18(16,17)8-6(9(14)15)4-5-7(11)12-8/h4-5,13H,1-3H3,(H,14,15). The average molecular weight is 276 g/mol. The largest absolute Gasteiger partial charge is 0.478 e. The molecular formula is C10H13FN2O4S. The second kappa shape index (κ2) is 4.62. The first-order chi connectivity index (χ1) is 8.03. The van der Waals surface area contributed by atoms with Crippen LogP contribution in [0.4, 0.5) is 4.39 Å². The number of pyridine rings is 1. The normalized spacial score (nSPS) is 12.4. The van der Waals surface area contributed by atoms with Crippen molar-refractivity contribution in [1.29, 1.82) is 0 Å². The molecule has 1 rings (SSSR count). The SMILES string of the molecule is CC(C)(C)NS(=O)(=O)c1nc(F)ccc1C(=O)O. The Balaban J connectivity index is 3.40. The highest BCUT2D eigenvalue weighted by molar-refractivity contribution is 7.89. The van der Waals surface area contributed by atoms with E-state index in [0.29, 0.717) is 0 Å². The maximum atomic E-state index is 13.0. The lowest BCUT2D eigenvalue weighted by Crippen LogP contribution is -2.41. The fraction of sp³-hybridized carbons (Fsp3) is 0.400. The smallest absolute Gasteiger partial charge is 0.338 e. The molecule has 0 aliphatic heterocycles. The number of nitrogens with one attached hydrogen (secondary N) is 1. The zero-order valence-corrected chi connectivity index (χ0v) is 10.9. The van der Waals surface area contributed by atoms with Crippen molar-refractivity contribution in [3.63, 3.8) is 0 Å². The van der Waals surface area contributed by atoms with Gasteiger partial charge in [-0.05, 0) is 32.9 Å². The van der Waals surface area contributed by atoms with Gasteiger partial charge in [-0.25, -0.2) is 22.9 Å². The number of halogens is 1. The third-order valence-electron chi connectivity index (χ3n) is 1.75. The number of hydrogen-bond acceptors (Lipinski definition) is 4. The molecular weight excluding hydrogens is 263 g/mol. The van der Waals surface area contributed by atoms with E-state index in [2.05, 4.69) is 9.71 Å². The first-order valence-electron chi connectivity index (χ1n) is 4.97. The van der Waals surface area contributed by atoms with Crippen LogP contribution in [0.2, 0.25) is 0 Å². The van der Waals surface area contributed by atoms with Crippen molar-refractivity contribution >= 4 is 16.0 Å². The van der Waals surface area contributed by atoms with Crippen molar-refractivity contribution in [1.82, 2.24) is 9.71 Å². The van der Waals surface area contributed by atoms with Crippen LogP contribution in [0, 0.1) is 5.95 Å². The zero-order chi connectivity index (χ0) is 14.1. The molecule has 0 aliphatic carbocycles. The van der Waals surface area contributed by atoms with Crippen molar-refractivity contribution in [2.24, 2.45) is 0 Å². The van der Waals surface area contributed by atoms with Gasteiger partial charge in [-0.3, -0.25) is 0 Å². The average Bonchev–Trinajstić information content (AvgIpc) is 2.13. The number of carboxylic acids is 1. The minimum atomic E-state index is -4.20. The molecule has 8 heteroatoms. The Morgan fingerprint density at radius 1 is 1.39 bits per heavy atom. The molecule has 0 atom stereocenters. The van der Waals surface area contributed by atoms with Gasteiger partial charge in [-0.15, -0.1) is 0 Å². The van der Waals surface area contributed by atoms with Crippen molar-refractivity contribution in [3.8, 4) is 0 Å². The Morgan fingerprint density at radius 3 is 2.39 bits per heavy atom. The predicted octanol–water partition coefficient (Wildman–Crippen LogP) is 0.996. The second-order valence-corrected chi connectivity index (χ2v) is 6.25. The van der Waals surface area contributed by atoms with Gasteiger partial charge in [0.15, 0.2) is 5.03 Å². The number of aromatic carboxylic acids is 1. The third kappa shape index (κ3) is 3.47. The molecule has 6 nitrogen and oxygen atoms in total. The maximum Gasteiger partial charge on any atom is 0.338 e. The summed E-state index contributed by atoms with van der Waals surface area (Å²) in [6, 6.07) is 1.65. The summed E-state index contributed by atoms with van der Waals surface area (Å²) in [5.74, 6) is -2.55. The van der Waals surface area contributed by atoms with Crippen LogP contribution in [0.25, 0.3) is 0 Å². The molecule has 0 bridgehead atoms. The minimum absolute atomic E-state index is 0.576. The van der Waals surface area contributed by atoms with E-state index in [0.717, 1.165) is 12.1 Å². The summed E-state index contributed by atoms with van der Waals surface area (Å²) in [5, 5.41) is 8.03. The van der Waals surface area contributed by atoms with Crippen LogP contribution in [0.5, 0.6) is 0 Å². The number of rotatable bonds is 3. The van der Waals surface area contributed by atoms with Crippen molar-refractivity contribution in [2.45, 2.75) is 31.3 Å². The second-order valence-electron chi connectivity index (χ2n) is 4.65. The van der Waals surface area contributed by atoms with Crippen LogP contribution in [0.15, 0.2) is 17.2 Å². The number of carboxylic acid groups (broad SMARTS) is 1. The molecule has 0 radical (unpaired) electrons.